The lowest BCUT2D eigenvalue weighted by Crippen LogP contribution is -2.61. The zero-order valence-corrected chi connectivity index (χ0v) is 15.7. The summed E-state index contributed by atoms with van der Waals surface area (Å²) in [5, 5.41) is 8.53. The van der Waals surface area contributed by atoms with Gasteiger partial charge >= 0.3 is 6.03 Å². The SMILES string of the molecule is O=C(NCc1cccnc1-c1cccs1)NC12CC3CC(CC(C3)C1)C2. The summed E-state index contributed by atoms with van der Waals surface area (Å²) >= 11 is 1.68. The molecule has 4 fully saturated rings. The van der Waals surface area contributed by atoms with Crippen molar-refractivity contribution in [3.63, 3.8) is 0 Å². The number of amides is 2. The Morgan fingerprint density at radius 1 is 1.12 bits per heavy atom. The number of thiophene rings is 1. The van der Waals surface area contributed by atoms with Crippen molar-refractivity contribution in [3.8, 4) is 10.6 Å². The molecule has 5 heteroatoms. The summed E-state index contributed by atoms with van der Waals surface area (Å²) in [6.07, 6.45) is 9.53. The average molecular weight is 368 g/mol. The predicted octanol–water partition coefficient (Wildman–Crippen LogP) is 4.58. The van der Waals surface area contributed by atoms with Gasteiger partial charge in [0.1, 0.15) is 0 Å². The van der Waals surface area contributed by atoms with Crippen molar-refractivity contribution >= 4 is 17.4 Å². The highest BCUT2D eigenvalue weighted by atomic mass is 32.1. The molecule has 4 aliphatic carbocycles. The lowest BCUT2D eigenvalue weighted by Gasteiger charge is -2.56. The van der Waals surface area contributed by atoms with Crippen LogP contribution in [0.4, 0.5) is 4.79 Å². The molecule has 0 aromatic carbocycles. The Kier molecular flexibility index (Phi) is 4.00. The summed E-state index contributed by atoms with van der Waals surface area (Å²) in [5.41, 5.74) is 2.10. The summed E-state index contributed by atoms with van der Waals surface area (Å²) in [4.78, 5) is 18.3. The molecule has 2 N–H and O–H groups in total. The summed E-state index contributed by atoms with van der Waals surface area (Å²) in [7, 11) is 0. The van der Waals surface area contributed by atoms with E-state index in [4.69, 9.17) is 0 Å². The number of hydrogen-bond acceptors (Lipinski definition) is 3. The molecule has 0 radical (unpaired) electrons. The molecule has 4 bridgehead atoms. The van der Waals surface area contributed by atoms with Crippen LogP contribution in [0.1, 0.15) is 44.1 Å². The molecule has 2 aromatic rings. The van der Waals surface area contributed by atoms with E-state index in [0.717, 1.165) is 33.9 Å². The van der Waals surface area contributed by atoms with E-state index in [9.17, 15) is 4.79 Å². The molecule has 26 heavy (non-hydrogen) atoms. The van der Waals surface area contributed by atoms with Crippen molar-refractivity contribution in [3.05, 3.63) is 41.4 Å². The maximum Gasteiger partial charge on any atom is 0.315 e. The van der Waals surface area contributed by atoms with Crippen LogP contribution in [0, 0.1) is 17.8 Å². The quantitative estimate of drug-likeness (QED) is 0.831. The molecule has 4 nitrogen and oxygen atoms in total. The Bertz CT molecular complexity index is 766. The highest BCUT2D eigenvalue weighted by molar-refractivity contribution is 7.13. The number of carbonyl (C=O) groups excluding carboxylic acids is 1. The maximum atomic E-state index is 12.7. The Morgan fingerprint density at radius 2 is 1.85 bits per heavy atom. The summed E-state index contributed by atoms with van der Waals surface area (Å²) < 4.78 is 0. The second kappa shape index (κ2) is 6.38. The lowest BCUT2D eigenvalue weighted by molar-refractivity contribution is -0.0135. The van der Waals surface area contributed by atoms with E-state index >= 15 is 0 Å². The first-order valence-electron chi connectivity index (χ1n) is 9.73. The van der Waals surface area contributed by atoms with E-state index in [-0.39, 0.29) is 11.6 Å². The number of nitrogens with one attached hydrogen (secondary N) is 2. The van der Waals surface area contributed by atoms with Crippen molar-refractivity contribution in [1.29, 1.82) is 0 Å². The topological polar surface area (TPSA) is 54.0 Å². The molecule has 0 aliphatic heterocycles. The zero-order valence-electron chi connectivity index (χ0n) is 14.9. The summed E-state index contributed by atoms with van der Waals surface area (Å²) in [6.45, 7) is 0.513. The van der Waals surface area contributed by atoms with Crippen LogP contribution in [-0.2, 0) is 6.54 Å². The van der Waals surface area contributed by atoms with Crippen LogP contribution in [0.2, 0.25) is 0 Å². The van der Waals surface area contributed by atoms with Gasteiger partial charge in [0.2, 0.25) is 0 Å². The minimum Gasteiger partial charge on any atom is -0.334 e. The number of urea groups is 1. The fourth-order valence-electron chi connectivity index (χ4n) is 5.94. The van der Waals surface area contributed by atoms with Crippen molar-refractivity contribution < 1.29 is 4.79 Å². The highest BCUT2D eigenvalue weighted by Crippen LogP contribution is 2.55. The van der Waals surface area contributed by atoms with Crippen LogP contribution < -0.4 is 10.6 Å². The van der Waals surface area contributed by atoms with Crippen molar-refractivity contribution in [2.45, 2.75) is 50.6 Å². The molecule has 4 aliphatic rings. The van der Waals surface area contributed by atoms with Gasteiger partial charge in [0.15, 0.2) is 0 Å². The van der Waals surface area contributed by atoms with Gasteiger partial charge in [-0.15, -0.1) is 11.3 Å². The monoisotopic (exact) mass is 367 g/mol. The van der Waals surface area contributed by atoms with Gasteiger partial charge in [-0.05, 0) is 79.4 Å². The van der Waals surface area contributed by atoms with Crippen molar-refractivity contribution in [2.24, 2.45) is 17.8 Å². The van der Waals surface area contributed by atoms with Crippen LogP contribution in [0.25, 0.3) is 10.6 Å². The first-order chi connectivity index (χ1) is 12.7. The van der Waals surface area contributed by atoms with Gasteiger partial charge in [0.25, 0.3) is 0 Å². The zero-order chi connectivity index (χ0) is 17.6. The summed E-state index contributed by atoms with van der Waals surface area (Å²) in [6, 6.07) is 8.07. The van der Waals surface area contributed by atoms with E-state index in [1.54, 1.807) is 11.3 Å². The first-order valence-corrected chi connectivity index (χ1v) is 10.6. The van der Waals surface area contributed by atoms with Gasteiger partial charge in [-0.1, -0.05) is 12.1 Å². The summed E-state index contributed by atoms with van der Waals surface area (Å²) in [5.74, 6) is 2.51. The van der Waals surface area contributed by atoms with E-state index in [0.29, 0.717) is 6.54 Å². The van der Waals surface area contributed by atoms with Gasteiger partial charge in [-0.25, -0.2) is 4.79 Å². The van der Waals surface area contributed by atoms with Crippen LogP contribution in [0.3, 0.4) is 0 Å². The molecular weight excluding hydrogens is 342 g/mol. The standard InChI is InChI=1S/C21H25N3OS/c25-20(24-21-10-14-7-15(11-21)9-16(8-14)12-21)23-13-17-3-1-5-22-19(17)18-4-2-6-26-18/h1-6,14-16H,7-13H2,(H2,23,24,25). The van der Waals surface area contributed by atoms with E-state index < -0.39 is 0 Å². The predicted molar refractivity (Wildman–Crippen MR) is 104 cm³/mol. The first kappa shape index (κ1) is 16.3. The fourth-order valence-corrected chi connectivity index (χ4v) is 6.70. The minimum atomic E-state index is -0.0204. The molecule has 0 spiro atoms. The number of pyridine rings is 1. The minimum absolute atomic E-state index is 0.0204. The molecule has 6 rings (SSSR count). The Labute approximate surface area is 158 Å². The van der Waals surface area contributed by atoms with Crippen LogP contribution in [-0.4, -0.2) is 16.6 Å². The third-order valence-corrected chi connectivity index (χ3v) is 7.38. The smallest absolute Gasteiger partial charge is 0.315 e. The van der Waals surface area contributed by atoms with Gasteiger partial charge in [-0.2, -0.15) is 0 Å². The molecule has 2 amide bonds. The molecule has 4 saturated carbocycles. The molecular formula is C21H25N3OS. The van der Waals surface area contributed by atoms with Gasteiger partial charge in [0, 0.05) is 18.3 Å². The maximum absolute atomic E-state index is 12.7. The van der Waals surface area contributed by atoms with Crippen molar-refractivity contribution in [2.75, 3.05) is 0 Å². The van der Waals surface area contributed by atoms with E-state index in [1.807, 2.05) is 24.4 Å². The number of hydrogen-bond donors (Lipinski definition) is 2. The number of nitrogens with zero attached hydrogens (tertiary/aromatic N) is 1. The normalized spacial score (nSPS) is 31.8. The van der Waals surface area contributed by atoms with Gasteiger partial charge < -0.3 is 10.6 Å². The molecule has 0 unspecified atom stereocenters. The van der Waals surface area contributed by atoms with E-state index in [1.165, 1.54) is 38.5 Å². The number of carbonyl (C=O) groups is 1. The second-order valence-corrected chi connectivity index (χ2v) is 9.44. The van der Waals surface area contributed by atoms with Crippen LogP contribution in [0.15, 0.2) is 35.8 Å². The number of rotatable bonds is 4. The average Bonchev–Trinajstić information content (AvgIpc) is 3.13. The third-order valence-electron chi connectivity index (χ3n) is 6.50. The molecule has 0 saturated heterocycles. The Balaban J connectivity index is 1.25. The fraction of sp³-hybridized carbons (Fsp3) is 0.524. The third kappa shape index (κ3) is 3.02. The van der Waals surface area contributed by atoms with E-state index in [2.05, 4.69) is 27.1 Å². The molecule has 2 heterocycles. The molecule has 2 aromatic heterocycles. The van der Waals surface area contributed by atoms with Crippen LogP contribution >= 0.6 is 11.3 Å². The second-order valence-electron chi connectivity index (χ2n) is 8.49. The molecule has 136 valence electrons. The molecule has 0 atom stereocenters. The largest absolute Gasteiger partial charge is 0.334 e. The number of aromatic nitrogens is 1. The van der Waals surface area contributed by atoms with Crippen molar-refractivity contribution in [1.82, 2.24) is 15.6 Å². The lowest BCUT2D eigenvalue weighted by atomic mass is 9.53. The van der Waals surface area contributed by atoms with Crippen LogP contribution in [0.5, 0.6) is 0 Å². The van der Waals surface area contributed by atoms with Gasteiger partial charge in [-0.3, -0.25) is 4.98 Å². The highest BCUT2D eigenvalue weighted by Gasteiger charge is 2.51. The Hall–Kier alpha value is -1.88. The van der Waals surface area contributed by atoms with Gasteiger partial charge in [0.05, 0.1) is 10.6 Å². The Morgan fingerprint density at radius 3 is 2.50 bits per heavy atom.